The molecule has 0 saturated carbocycles. The highest BCUT2D eigenvalue weighted by Gasteiger charge is 2.35. The molecule has 3 heterocycles. The predicted molar refractivity (Wildman–Crippen MR) is 95.8 cm³/mol. The normalized spacial score (nSPS) is 20.8. The number of hydrogen-bond acceptors (Lipinski definition) is 3. The molecular formula is C20H19F3N2O3. The second-order valence-corrected chi connectivity index (χ2v) is 7.36. The second-order valence-electron chi connectivity index (χ2n) is 7.36. The predicted octanol–water partition coefficient (Wildman–Crippen LogP) is 3.22. The van der Waals surface area contributed by atoms with Gasteiger partial charge in [0, 0.05) is 55.9 Å². The standard InChI is InChI=1S/C20H19F3N2O3/c1-11(26)24-8-12-4-14(10-24)17-5-13(6-19(27)25(17)9-12)16-3-2-15(21)7-18(16)28-20(22)23/h2-3,5-7,12,14,20H,4,8-10H2,1H3/t12-,14+/m0/s1. The molecule has 2 aromatic rings. The van der Waals surface area contributed by atoms with Gasteiger partial charge in [-0.05, 0) is 36.1 Å². The van der Waals surface area contributed by atoms with Crippen LogP contribution < -0.4 is 10.3 Å². The highest BCUT2D eigenvalue weighted by molar-refractivity contribution is 5.74. The Hall–Kier alpha value is -2.77. The van der Waals surface area contributed by atoms with Crippen LogP contribution in [0.25, 0.3) is 11.1 Å². The first-order valence-electron chi connectivity index (χ1n) is 9.07. The van der Waals surface area contributed by atoms with Gasteiger partial charge in [-0.25, -0.2) is 4.39 Å². The number of halogens is 3. The molecule has 2 atom stereocenters. The average molecular weight is 392 g/mol. The number of ether oxygens (including phenoxy) is 1. The quantitative estimate of drug-likeness (QED) is 0.806. The van der Waals surface area contributed by atoms with E-state index < -0.39 is 12.4 Å². The van der Waals surface area contributed by atoms with Crippen LogP contribution in [0.1, 0.15) is 25.0 Å². The first kappa shape index (κ1) is 18.6. The zero-order valence-corrected chi connectivity index (χ0v) is 15.2. The second kappa shape index (κ2) is 7.00. The molecule has 2 bridgehead atoms. The van der Waals surface area contributed by atoms with Gasteiger partial charge in [-0.15, -0.1) is 0 Å². The smallest absolute Gasteiger partial charge is 0.387 e. The fraction of sp³-hybridized carbons (Fsp3) is 0.400. The number of nitrogens with zero attached hydrogens (tertiary/aromatic N) is 2. The summed E-state index contributed by atoms with van der Waals surface area (Å²) in [7, 11) is 0. The van der Waals surface area contributed by atoms with E-state index in [9.17, 15) is 22.8 Å². The van der Waals surface area contributed by atoms with Crippen molar-refractivity contribution in [3.05, 3.63) is 52.2 Å². The molecule has 0 unspecified atom stereocenters. The summed E-state index contributed by atoms with van der Waals surface area (Å²) in [5, 5.41) is 0. The molecular weight excluding hydrogens is 373 g/mol. The van der Waals surface area contributed by atoms with E-state index in [1.807, 2.05) is 0 Å². The molecule has 1 aromatic heterocycles. The van der Waals surface area contributed by atoms with E-state index in [4.69, 9.17) is 0 Å². The van der Waals surface area contributed by atoms with Crippen LogP contribution in [0.4, 0.5) is 13.2 Å². The third-order valence-electron chi connectivity index (χ3n) is 5.47. The van der Waals surface area contributed by atoms with Gasteiger partial charge in [-0.3, -0.25) is 9.59 Å². The molecule has 1 saturated heterocycles. The fourth-order valence-corrected chi connectivity index (χ4v) is 4.30. The minimum absolute atomic E-state index is 0.00666. The molecule has 1 aromatic carbocycles. The lowest BCUT2D eigenvalue weighted by Crippen LogP contribution is -2.48. The molecule has 2 aliphatic rings. The summed E-state index contributed by atoms with van der Waals surface area (Å²) < 4.78 is 45.2. The molecule has 5 nitrogen and oxygen atoms in total. The van der Waals surface area contributed by atoms with E-state index in [0.29, 0.717) is 25.2 Å². The van der Waals surface area contributed by atoms with E-state index in [2.05, 4.69) is 4.74 Å². The first-order chi connectivity index (χ1) is 13.3. The number of amides is 1. The van der Waals surface area contributed by atoms with Crippen LogP contribution in [0.15, 0.2) is 35.1 Å². The number of piperidine rings is 1. The Morgan fingerprint density at radius 3 is 2.68 bits per heavy atom. The van der Waals surface area contributed by atoms with Crippen LogP contribution in [0, 0.1) is 11.7 Å². The summed E-state index contributed by atoms with van der Waals surface area (Å²) in [6.07, 6.45) is 0.858. The molecule has 0 N–H and O–H groups in total. The van der Waals surface area contributed by atoms with Gasteiger partial charge in [-0.1, -0.05) is 0 Å². The lowest BCUT2D eigenvalue weighted by Gasteiger charge is -2.42. The Labute approximate surface area is 159 Å². The Morgan fingerprint density at radius 1 is 1.18 bits per heavy atom. The lowest BCUT2D eigenvalue weighted by molar-refractivity contribution is -0.131. The van der Waals surface area contributed by atoms with Gasteiger partial charge in [0.05, 0.1) is 0 Å². The van der Waals surface area contributed by atoms with Gasteiger partial charge in [0.25, 0.3) is 5.56 Å². The summed E-state index contributed by atoms with van der Waals surface area (Å²) in [6.45, 7) is 0.0697. The van der Waals surface area contributed by atoms with Crippen molar-refractivity contribution in [3.63, 3.8) is 0 Å². The van der Waals surface area contributed by atoms with Crippen molar-refractivity contribution in [1.29, 1.82) is 0 Å². The fourth-order valence-electron chi connectivity index (χ4n) is 4.30. The topological polar surface area (TPSA) is 51.5 Å². The number of rotatable bonds is 3. The van der Waals surface area contributed by atoms with Gasteiger partial charge in [0.2, 0.25) is 5.91 Å². The number of fused-ring (bicyclic) bond motifs is 4. The highest BCUT2D eigenvalue weighted by Crippen LogP contribution is 2.38. The Morgan fingerprint density at radius 2 is 1.96 bits per heavy atom. The molecule has 28 heavy (non-hydrogen) atoms. The number of hydrogen-bond donors (Lipinski definition) is 0. The van der Waals surface area contributed by atoms with Gasteiger partial charge in [0.1, 0.15) is 11.6 Å². The number of aromatic nitrogens is 1. The minimum Gasteiger partial charge on any atom is -0.434 e. The summed E-state index contributed by atoms with van der Waals surface area (Å²) in [5.74, 6) is -0.831. The van der Waals surface area contributed by atoms with Gasteiger partial charge < -0.3 is 14.2 Å². The maximum Gasteiger partial charge on any atom is 0.387 e. The maximum absolute atomic E-state index is 13.5. The summed E-state index contributed by atoms with van der Waals surface area (Å²) in [4.78, 5) is 26.3. The van der Waals surface area contributed by atoms with Crippen molar-refractivity contribution in [2.45, 2.75) is 32.4 Å². The van der Waals surface area contributed by atoms with Crippen LogP contribution in [-0.2, 0) is 11.3 Å². The third kappa shape index (κ3) is 3.39. The zero-order valence-electron chi connectivity index (χ0n) is 15.2. The molecule has 0 aliphatic carbocycles. The molecule has 8 heteroatoms. The zero-order chi connectivity index (χ0) is 20.0. The number of carbonyl (C=O) groups is 1. The molecule has 0 radical (unpaired) electrons. The van der Waals surface area contributed by atoms with Crippen molar-refractivity contribution in [3.8, 4) is 16.9 Å². The van der Waals surface area contributed by atoms with Crippen molar-refractivity contribution in [1.82, 2.24) is 9.47 Å². The van der Waals surface area contributed by atoms with Crippen LogP contribution in [0.2, 0.25) is 0 Å². The van der Waals surface area contributed by atoms with E-state index in [0.717, 1.165) is 24.2 Å². The van der Waals surface area contributed by atoms with E-state index >= 15 is 0 Å². The van der Waals surface area contributed by atoms with E-state index in [1.54, 1.807) is 15.5 Å². The first-order valence-corrected chi connectivity index (χ1v) is 9.07. The number of carbonyl (C=O) groups excluding carboxylic acids is 1. The van der Waals surface area contributed by atoms with Gasteiger partial charge in [-0.2, -0.15) is 8.78 Å². The number of benzene rings is 1. The maximum atomic E-state index is 13.5. The Bertz CT molecular complexity index is 989. The Balaban J connectivity index is 1.79. The molecule has 1 amide bonds. The number of pyridine rings is 1. The number of alkyl halides is 2. The van der Waals surface area contributed by atoms with Crippen molar-refractivity contribution >= 4 is 5.91 Å². The lowest BCUT2D eigenvalue weighted by atomic mass is 9.82. The van der Waals surface area contributed by atoms with E-state index in [1.165, 1.54) is 19.1 Å². The van der Waals surface area contributed by atoms with Crippen molar-refractivity contribution in [2.24, 2.45) is 5.92 Å². The van der Waals surface area contributed by atoms with Crippen LogP contribution in [0.5, 0.6) is 5.75 Å². The molecule has 4 rings (SSSR count). The molecule has 148 valence electrons. The van der Waals surface area contributed by atoms with Gasteiger partial charge in [0.15, 0.2) is 0 Å². The van der Waals surface area contributed by atoms with E-state index in [-0.39, 0.29) is 34.6 Å². The molecule has 1 fully saturated rings. The summed E-state index contributed by atoms with van der Waals surface area (Å²) >= 11 is 0. The molecule has 0 spiro atoms. The van der Waals surface area contributed by atoms with Crippen LogP contribution >= 0.6 is 0 Å². The van der Waals surface area contributed by atoms with Crippen molar-refractivity contribution < 1.29 is 22.7 Å². The highest BCUT2D eigenvalue weighted by atomic mass is 19.3. The average Bonchev–Trinajstić information content (AvgIpc) is 2.62. The SMILES string of the molecule is CC(=O)N1C[C@@H]2C[C@H](C1)c1cc(-c3ccc(F)cc3OC(F)F)cc(=O)n1C2. The van der Waals surface area contributed by atoms with Crippen LogP contribution in [-0.4, -0.2) is 35.1 Å². The van der Waals surface area contributed by atoms with Gasteiger partial charge >= 0.3 is 6.61 Å². The largest absolute Gasteiger partial charge is 0.434 e. The number of likely N-dealkylation sites (tertiary alicyclic amines) is 1. The summed E-state index contributed by atoms with van der Waals surface area (Å²) in [6, 6.07) is 6.47. The van der Waals surface area contributed by atoms with Crippen molar-refractivity contribution in [2.75, 3.05) is 13.1 Å². The summed E-state index contributed by atoms with van der Waals surface area (Å²) in [5.41, 5.74) is 1.14. The minimum atomic E-state index is -3.11. The monoisotopic (exact) mass is 392 g/mol. The third-order valence-corrected chi connectivity index (χ3v) is 5.47. The molecule has 2 aliphatic heterocycles. The Kier molecular flexibility index (Phi) is 4.64. The van der Waals surface area contributed by atoms with Crippen LogP contribution in [0.3, 0.4) is 0 Å².